The van der Waals surface area contributed by atoms with Crippen LogP contribution in [0.2, 0.25) is 0 Å². The van der Waals surface area contributed by atoms with Crippen LogP contribution in [0.15, 0.2) is 36.4 Å². The van der Waals surface area contributed by atoms with Gasteiger partial charge in [-0.05, 0) is 41.7 Å². The molecule has 0 saturated carbocycles. The number of halogens is 3. The predicted molar refractivity (Wildman–Crippen MR) is 113 cm³/mol. The van der Waals surface area contributed by atoms with E-state index in [4.69, 9.17) is 5.73 Å². The van der Waals surface area contributed by atoms with Gasteiger partial charge in [0.25, 0.3) is 0 Å². The second-order valence-corrected chi connectivity index (χ2v) is 7.30. The highest BCUT2D eigenvalue weighted by Gasteiger charge is 2.37. The van der Waals surface area contributed by atoms with Crippen LogP contribution < -0.4 is 5.73 Å². The molecule has 1 aromatic heterocycles. The van der Waals surface area contributed by atoms with Crippen molar-refractivity contribution in [1.82, 2.24) is 14.8 Å². The Morgan fingerprint density at radius 3 is 2.29 bits per heavy atom. The van der Waals surface area contributed by atoms with Crippen LogP contribution in [-0.4, -0.2) is 19.9 Å². The van der Waals surface area contributed by atoms with Gasteiger partial charge in [-0.1, -0.05) is 45.0 Å². The molecular weight excluding hydrogens is 405 g/mol. The molecule has 1 heterocycles. The van der Waals surface area contributed by atoms with Crippen molar-refractivity contribution in [2.75, 3.05) is 0 Å². The number of nitrogens with zero attached hydrogens (tertiary/aromatic N) is 3. The first-order chi connectivity index (χ1) is 14.8. The van der Waals surface area contributed by atoms with Crippen molar-refractivity contribution < 1.29 is 18.3 Å². The number of aliphatic hydroxyl groups is 1. The summed E-state index contributed by atoms with van der Waals surface area (Å²) >= 11 is 0. The molecule has 0 aliphatic carbocycles. The minimum Gasteiger partial charge on any atom is -0.384 e. The lowest BCUT2D eigenvalue weighted by molar-refractivity contribution is -0.139. The average molecular weight is 432 g/mol. The number of benzene rings is 2. The van der Waals surface area contributed by atoms with Crippen LogP contribution in [0, 0.1) is 0 Å². The quantitative estimate of drug-likeness (QED) is 0.576. The molecule has 2 aromatic carbocycles. The fourth-order valence-electron chi connectivity index (χ4n) is 3.88. The second-order valence-electron chi connectivity index (χ2n) is 7.30. The molecule has 1 unspecified atom stereocenters. The topological polar surface area (TPSA) is 77.0 Å². The summed E-state index contributed by atoms with van der Waals surface area (Å²) in [5.74, 6) is 0.812. The van der Waals surface area contributed by atoms with Gasteiger partial charge in [0.05, 0.1) is 17.8 Å². The van der Waals surface area contributed by atoms with E-state index in [2.05, 4.69) is 10.2 Å². The zero-order valence-electron chi connectivity index (χ0n) is 17.9. The lowest BCUT2D eigenvalue weighted by Gasteiger charge is -2.24. The van der Waals surface area contributed by atoms with Gasteiger partial charge < -0.3 is 10.8 Å². The van der Waals surface area contributed by atoms with Gasteiger partial charge >= 0.3 is 6.18 Å². The summed E-state index contributed by atoms with van der Waals surface area (Å²) in [6, 6.07) is 9.36. The zero-order chi connectivity index (χ0) is 22.8. The molecule has 1 atom stereocenters. The molecule has 0 radical (unpaired) electrons. The first-order valence-electron chi connectivity index (χ1n) is 10.4. The number of rotatable bonds is 7. The van der Waals surface area contributed by atoms with Crippen LogP contribution in [0.3, 0.4) is 0 Å². The average Bonchev–Trinajstić information content (AvgIpc) is 3.20. The van der Waals surface area contributed by atoms with Crippen LogP contribution in [0.4, 0.5) is 13.2 Å². The molecule has 3 aromatic rings. The van der Waals surface area contributed by atoms with Crippen LogP contribution in [-0.2, 0) is 32.0 Å². The van der Waals surface area contributed by atoms with Crippen molar-refractivity contribution in [3.05, 3.63) is 75.9 Å². The summed E-state index contributed by atoms with van der Waals surface area (Å²) in [7, 11) is 0. The number of aromatic nitrogens is 3. The molecule has 0 amide bonds. The van der Waals surface area contributed by atoms with Gasteiger partial charge in [0.1, 0.15) is 11.9 Å². The first kappa shape index (κ1) is 23.0. The van der Waals surface area contributed by atoms with Crippen molar-refractivity contribution in [2.24, 2.45) is 5.73 Å². The molecule has 166 valence electrons. The molecule has 3 N–H and O–H groups in total. The Morgan fingerprint density at radius 1 is 1.00 bits per heavy atom. The number of hydrogen-bond donors (Lipinski definition) is 2. The highest BCUT2D eigenvalue weighted by Crippen LogP contribution is 2.41. The molecule has 31 heavy (non-hydrogen) atoms. The van der Waals surface area contributed by atoms with Crippen molar-refractivity contribution in [2.45, 2.75) is 58.9 Å². The Bertz CT molecular complexity index is 1040. The molecule has 0 spiro atoms. The Kier molecular flexibility index (Phi) is 6.81. The summed E-state index contributed by atoms with van der Waals surface area (Å²) in [6.07, 6.45) is -4.29. The van der Waals surface area contributed by atoms with Gasteiger partial charge in [0, 0.05) is 12.0 Å². The summed E-state index contributed by atoms with van der Waals surface area (Å²) in [5, 5.41) is 19.4. The van der Waals surface area contributed by atoms with E-state index in [9.17, 15) is 18.3 Å². The number of aliphatic hydroxyl groups excluding tert-OH is 1. The third kappa shape index (κ3) is 4.36. The van der Waals surface area contributed by atoms with Crippen LogP contribution >= 0.6 is 0 Å². The van der Waals surface area contributed by atoms with Gasteiger partial charge in [0.15, 0.2) is 5.82 Å². The normalized spacial score (nSPS) is 12.9. The Hall–Kier alpha value is -2.71. The summed E-state index contributed by atoms with van der Waals surface area (Å²) in [4.78, 5) is 0. The SMILES string of the molecule is CCc1ccc(C(O)c2c(-n3c(CC)nnc3CN)cccc2C(F)(F)F)c(CC)c1. The fourth-order valence-corrected chi connectivity index (χ4v) is 3.88. The van der Waals surface area contributed by atoms with E-state index in [1.165, 1.54) is 10.6 Å². The van der Waals surface area contributed by atoms with Crippen molar-refractivity contribution in [3.63, 3.8) is 0 Å². The van der Waals surface area contributed by atoms with E-state index in [0.29, 0.717) is 30.1 Å². The van der Waals surface area contributed by atoms with Crippen LogP contribution in [0.25, 0.3) is 5.69 Å². The smallest absolute Gasteiger partial charge is 0.384 e. The molecule has 0 bridgehead atoms. The van der Waals surface area contributed by atoms with Gasteiger partial charge in [-0.2, -0.15) is 13.2 Å². The van der Waals surface area contributed by atoms with Gasteiger partial charge in [0.2, 0.25) is 0 Å². The van der Waals surface area contributed by atoms with E-state index >= 15 is 0 Å². The Labute approximate surface area is 179 Å². The lowest BCUT2D eigenvalue weighted by Crippen LogP contribution is -2.19. The molecular formula is C23H27F3N4O. The minimum absolute atomic E-state index is 0.00415. The maximum atomic E-state index is 14.0. The van der Waals surface area contributed by atoms with E-state index in [1.807, 2.05) is 32.9 Å². The zero-order valence-corrected chi connectivity index (χ0v) is 17.9. The summed E-state index contributed by atoms with van der Waals surface area (Å²) in [5.41, 5.74) is 7.19. The van der Waals surface area contributed by atoms with Crippen molar-refractivity contribution in [3.8, 4) is 5.69 Å². The third-order valence-corrected chi connectivity index (χ3v) is 5.49. The van der Waals surface area contributed by atoms with Crippen LogP contribution in [0.1, 0.15) is 66.3 Å². The molecule has 8 heteroatoms. The summed E-state index contributed by atoms with van der Waals surface area (Å²) in [6.45, 7) is 5.77. The van der Waals surface area contributed by atoms with Crippen molar-refractivity contribution >= 4 is 0 Å². The highest BCUT2D eigenvalue weighted by atomic mass is 19.4. The number of alkyl halides is 3. The van der Waals surface area contributed by atoms with E-state index in [0.717, 1.165) is 23.6 Å². The second kappa shape index (κ2) is 9.20. The number of hydrogen-bond acceptors (Lipinski definition) is 4. The van der Waals surface area contributed by atoms with Gasteiger partial charge in [-0.25, -0.2) is 0 Å². The maximum Gasteiger partial charge on any atom is 0.416 e. The predicted octanol–water partition coefficient (Wildman–Crippen LogP) is 4.51. The summed E-state index contributed by atoms with van der Waals surface area (Å²) < 4.78 is 43.6. The third-order valence-electron chi connectivity index (χ3n) is 5.49. The van der Waals surface area contributed by atoms with Gasteiger partial charge in [-0.15, -0.1) is 10.2 Å². The Morgan fingerprint density at radius 2 is 1.71 bits per heavy atom. The molecule has 3 rings (SSSR count). The fraction of sp³-hybridized carbons (Fsp3) is 0.391. The standard InChI is InChI=1S/C23H27F3N4O/c1-4-14-10-11-16(15(5-2)12-14)22(31)21-17(23(24,25)26)8-7-9-18(21)30-19(6-3)28-29-20(30)13-27/h7-12,22,31H,4-6,13,27H2,1-3H3. The van der Waals surface area contributed by atoms with E-state index < -0.39 is 17.8 Å². The van der Waals surface area contributed by atoms with E-state index in [1.54, 1.807) is 12.1 Å². The molecule has 0 fully saturated rings. The largest absolute Gasteiger partial charge is 0.416 e. The molecule has 0 aliphatic rings. The highest BCUT2D eigenvalue weighted by molar-refractivity contribution is 5.54. The number of nitrogens with two attached hydrogens (primary N) is 1. The van der Waals surface area contributed by atoms with Gasteiger partial charge in [-0.3, -0.25) is 4.57 Å². The van der Waals surface area contributed by atoms with Crippen molar-refractivity contribution in [1.29, 1.82) is 0 Å². The first-order valence-corrected chi connectivity index (χ1v) is 10.4. The maximum absolute atomic E-state index is 14.0. The minimum atomic E-state index is -4.65. The van der Waals surface area contributed by atoms with E-state index in [-0.39, 0.29) is 17.8 Å². The molecule has 5 nitrogen and oxygen atoms in total. The molecule has 0 saturated heterocycles. The monoisotopic (exact) mass is 432 g/mol. The lowest BCUT2D eigenvalue weighted by atomic mass is 9.89. The number of aryl methyl sites for hydroxylation is 3. The Balaban J connectivity index is 2.33. The van der Waals surface area contributed by atoms with Crippen LogP contribution in [0.5, 0.6) is 0 Å². The molecule has 0 aliphatic heterocycles.